The van der Waals surface area contributed by atoms with Gasteiger partial charge in [-0.15, -0.1) is 0 Å². The summed E-state index contributed by atoms with van der Waals surface area (Å²) < 4.78 is 13.1. The molecule has 1 aliphatic heterocycles. The Morgan fingerprint density at radius 3 is 2.70 bits per heavy atom. The molecule has 2 aromatic carbocycles. The molecule has 1 unspecified atom stereocenters. The van der Waals surface area contributed by atoms with Crippen LogP contribution in [0, 0.1) is 5.82 Å². The Morgan fingerprint density at radius 2 is 1.87 bits per heavy atom. The lowest BCUT2D eigenvalue weighted by atomic mass is 9.94. The van der Waals surface area contributed by atoms with Crippen molar-refractivity contribution in [2.24, 2.45) is 0 Å². The number of hydrazine groups is 1. The summed E-state index contributed by atoms with van der Waals surface area (Å²) in [6.45, 7) is 0. The number of nitrogens with two attached hydrogens (primary N) is 1. The highest BCUT2D eigenvalue weighted by molar-refractivity contribution is 5.92. The minimum absolute atomic E-state index is 0.0501. The fourth-order valence-electron chi connectivity index (χ4n) is 2.88. The third kappa shape index (κ3) is 2.41. The Hall–Kier alpha value is -2.92. The normalized spacial score (nSPS) is 17.1. The highest BCUT2D eigenvalue weighted by atomic mass is 19.1. The molecule has 0 radical (unpaired) electrons. The molecule has 1 aromatic heterocycles. The number of hydrogen-bond donors (Lipinski definition) is 3. The van der Waals surface area contributed by atoms with E-state index >= 15 is 0 Å². The predicted octanol–water partition coefficient (Wildman–Crippen LogP) is 3.15. The monoisotopic (exact) mass is 306 g/mol. The van der Waals surface area contributed by atoms with E-state index in [0.29, 0.717) is 5.69 Å². The van der Waals surface area contributed by atoms with E-state index in [4.69, 9.17) is 5.73 Å². The molecule has 1 atom stereocenters. The number of pyridine rings is 1. The van der Waals surface area contributed by atoms with Crippen molar-refractivity contribution in [3.63, 3.8) is 0 Å². The van der Waals surface area contributed by atoms with Crippen LogP contribution in [0.2, 0.25) is 0 Å². The van der Waals surface area contributed by atoms with Gasteiger partial charge in [-0.05, 0) is 47.0 Å². The van der Waals surface area contributed by atoms with E-state index in [0.717, 1.165) is 27.6 Å². The van der Waals surface area contributed by atoms with E-state index in [1.54, 1.807) is 24.4 Å². The van der Waals surface area contributed by atoms with Crippen molar-refractivity contribution in [1.82, 2.24) is 15.8 Å². The number of nitrogen functional groups attached to an aromatic ring is 1. The predicted molar refractivity (Wildman–Crippen MR) is 89.5 cm³/mol. The number of rotatable bonds is 2. The van der Waals surface area contributed by atoms with Crippen molar-refractivity contribution in [2.75, 3.05) is 5.73 Å². The molecular weight excluding hydrogens is 291 g/mol. The van der Waals surface area contributed by atoms with Gasteiger partial charge in [0.25, 0.3) is 0 Å². The summed E-state index contributed by atoms with van der Waals surface area (Å²) in [7, 11) is 0. The van der Waals surface area contributed by atoms with Gasteiger partial charge in [0.2, 0.25) is 0 Å². The molecule has 0 fully saturated rings. The van der Waals surface area contributed by atoms with E-state index in [-0.39, 0.29) is 11.9 Å². The number of nitrogens with one attached hydrogen (secondary N) is 2. The Kier molecular flexibility index (Phi) is 3.20. The van der Waals surface area contributed by atoms with Crippen LogP contribution in [0.3, 0.4) is 0 Å². The van der Waals surface area contributed by atoms with Crippen LogP contribution in [0.15, 0.2) is 60.9 Å². The van der Waals surface area contributed by atoms with E-state index in [2.05, 4.69) is 15.8 Å². The van der Waals surface area contributed by atoms with Gasteiger partial charge in [0.05, 0.1) is 11.6 Å². The van der Waals surface area contributed by atoms with Gasteiger partial charge in [-0.25, -0.2) is 9.82 Å². The van der Waals surface area contributed by atoms with Gasteiger partial charge < -0.3 is 11.2 Å². The summed E-state index contributed by atoms with van der Waals surface area (Å²) in [4.78, 5) is 4.32. The van der Waals surface area contributed by atoms with Crippen LogP contribution in [-0.2, 0) is 0 Å². The molecule has 0 spiro atoms. The van der Waals surface area contributed by atoms with Crippen molar-refractivity contribution >= 4 is 22.2 Å². The Bertz CT molecular complexity index is 903. The smallest absolute Gasteiger partial charge is 0.123 e. The zero-order valence-corrected chi connectivity index (χ0v) is 12.3. The van der Waals surface area contributed by atoms with Crippen LogP contribution in [-0.4, -0.2) is 4.98 Å². The van der Waals surface area contributed by atoms with Crippen molar-refractivity contribution in [2.45, 2.75) is 6.04 Å². The molecule has 114 valence electrons. The van der Waals surface area contributed by atoms with Crippen molar-refractivity contribution in [3.8, 4) is 0 Å². The summed E-state index contributed by atoms with van der Waals surface area (Å²) in [5.74, 6) is -0.241. The molecule has 5 heteroatoms. The van der Waals surface area contributed by atoms with Crippen molar-refractivity contribution in [3.05, 3.63) is 77.9 Å². The quantitative estimate of drug-likeness (QED) is 0.680. The number of benzene rings is 2. The Balaban J connectivity index is 1.77. The highest BCUT2D eigenvalue weighted by Gasteiger charge is 2.22. The summed E-state index contributed by atoms with van der Waals surface area (Å²) >= 11 is 0. The molecular formula is C18H15FN4. The van der Waals surface area contributed by atoms with E-state index < -0.39 is 0 Å². The first-order valence-electron chi connectivity index (χ1n) is 7.33. The van der Waals surface area contributed by atoms with Gasteiger partial charge in [0, 0.05) is 23.5 Å². The molecule has 23 heavy (non-hydrogen) atoms. The number of hydrogen-bond acceptors (Lipinski definition) is 4. The fraction of sp³-hybridized carbons (Fsp3) is 0.0556. The van der Waals surface area contributed by atoms with Gasteiger partial charge in [0.15, 0.2) is 0 Å². The SMILES string of the molecule is Nc1ccnc2ccc(C3=CNNC3c3ccc(F)cc3)cc12. The maximum atomic E-state index is 13.1. The second-order valence-corrected chi connectivity index (χ2v) is 5.51. The van der Waals surface area contributed by atoms with Gasteiger partial charge in [0.1, 0.15) is 5.82 Å². The largest absolute Gasteiger partial charge is 0.398 e. The highest BCUT2D eigenvalue weighted by Crippen LogP contribution is 2.34. The number of halogens is 1. The summed E-state index contributed by atoms with van der Waals surface area (Å²) in [5.41, 5.74) is 17.0. The molecule has 2 heterocycles. The number of nitrogens with zero attached hydrogens (tertiary/aromatic N) is 1. The molecule has 3 aromatic rings. The summed E-state index contributed by atoms with van der Waals surface area (Å²) in [6.07, 6.45) is 3.62. The van der Waals surface area contributed by atoms with Gasteiger partial charge >= 0.3 is 0 Å². The molecule has 0 saturated heterocycles. The molecule has 4 N–H and O–H groups in total. The van der Waals surface area contributed by atoms with Crippen LogP contribution < -0.4 is 16.6 Å². The molecule has 4 nitrogen and oxygen atoms in total. The topological polar surface area (TPSA) is 63.0 Å². The second-order valence-electron chi connectivity index (χ2n) is 5.51. The molecule has 0 bridgehead atoms. The number of aromatic nitrogens is 1. The Labute approximate surface area is 132 Å². The van der Waals surface area contributed by atoms with Crippen molar-refractivity contribution in [1.29, 1.82) is 0 Å². The second kappa shape index (κ2) is 5.37. The van der Waals surface area contributed by atoms with Gasteiger partial charge in [-0.1, -0.05) is 18.2 Å². The lowest BCUT2D eigenvalue weighted by Crippen LogP contribution is -2.24. The average Bonchev–Trinajstić information content (AvgIpc) is 3.05. The average molecular weight is 306 g/mol. The molecule has 0 amide bonds. The van der Waals surface area contributed by atoms with Gasteiger partial charge in [-0.3, -0.25) is 4.98 Å². The zero-order chi connectivity index (χ0) is 15.8. The van der Waals surface area contributed by atoms with E-state index in [9.17, 15) is 4.39 Å². The third-order valence-corrected chi connectivity index (χ3v) is 4.08. The number of anilines is 1. The van der Waals surface area contributed by atoms with Crippen LogP contribution in [0.1, 0.15) is 17.2 Å². The van der Waals surface area contributed by atoms with Crippen LogP contribution in [0.25, 0.3) is 16.5 Å². The van der Waals surface area contributed by atoms with Crippen LogP contribution >= 0.6 is 0 Å². The molecule has 0 aliphatic carbocycles. The lowest BCUT2D eigenvalue weighted by molar-refractivity contribution is 0.607. The first-order valence-corrected chi connectivity index (χ1v) is 7.33. The zero-order valence-electron chi connectivity index (χ0n) is 12.3. The van der Waals surface area contributed by atoms with Gasteiger partial charge in [-0.2, -0.15) is 0 Å². The lowest BCUT2D eigenvalue weighted by Gasteiger charge is -2.16. The standard InChI is InChI=1S/C18H15FN4/c19-13-4-1-11(2-5-13)18-15(10-22-23-18)12-3-6-17-14(9-12)16(20)7-8-21-17/h1-10,18,22-23H,(H2,20,21). The fourth-order valence-corrected chi connectivity index (χ4v) is 2.88. The first kappa shape index (κ1) is 13.7. The Morgan fingerprint density at radius 1 is 1.04 bits per heavy atom. The molecule has 4 rings (SSSR count). The third-order valence-electron chi connectivity index (χ3n) is 4.08. The van der Waals surface area contributed by atoms with E-state index in [1.807, 2.05) is 24.4 Å². The van der Waals surface area contributed by atoms with Crippen LogP contribution in [0.4, 0.5) is 10.1 Å². The minimum Gasteiger partial charge on any atom is -0.398 e. The first-order chi connectivity index (χ1) is 11.2. The maximum Gasteiger partial charge on any atom is 0.123 e. The molecule has 0 saturated carbocycles. The number of fused-ring (bicyclic) bond motifs is 1. The maximum absolute atomic E-state index is 13.1. The summed E-state index contributed by atoms with van der Waals surface area (Å²) in [6, 6.07) is 14.3. The molecule has 1 aliphatic rings. The summed E-state index contributed by atoms with van der Waals surface area (Å²) in [5, 5.41) is 0.927. The van der Waals surface area contributed by atoms with E-state index in [1.165, 1.54) is 12.1 Å². The van der Waals surface area contributed by atoms with Crippen molar-refractivity contribution < 1.29 is 4.39 Å². The minimum atomic E-state index is -0.241. The van der Waals surface area contributed by atoms with Crippen LogP contribution in [0.5, 0.6) is 0 Å².